The number of likely N-dealkylation sites (tertiary alicyclic amines) is 1. The van der Waals surface area contributed by atoms with E-state index in [-0.39, 0.29) is 6.04 Å². The van der Waals surface area contributed by atoms with Crippen LogP contribution in [0, 0.1) is 5.92 Å². The molecule has 3 nitrogen and oxygen atoms in total. The number of hydrogen-bond acceptors (Lipinski definition) is 3. The van der Waals surface area contributed by atoms with Gasteiger partial charge in [-0.25, -0.2) is 0 Å². The molecule has 1 N–H and O–H groups in total. The molecule has 1 aromatic rings. The van der Waals surface area contributed by atoms with Crippen LogP contribution in [0.2, 0.25) is 0 Å². The zero-order valence-electron chi connectivity index (χ0n) is 11.1. The smallest absolute Gasteiger partial charge is 0.320 e. The molecule has 1 aliphatic heterocycles. The normalized spacial score (nSPS) is 25.2. The average molecular weight is 267 g/mol. The van der Waals surface area contributed by atoms with Crippen LogP contribution in [-0.2, 0) is 17.8 Å². The lowest BCUT2D eigenvalue weighted by molar-refractivity contribution is -0.145. The number of aryl methyl sites for hydroxylation is 1. The first-order valence-electron chi connectivity index (χ1n) is 6.64. The predicted octanol–water partition coefficient (Wildman–Crippen LogP) is 3.00. The largest absolute Gasteiger partial charge is 0.480 e. The van der Waals surface area contributed by atoms with Gasteiger partial charge in [0.05, 0.1) is 0 Å². The number of aliphatic carboxylic acids is 1. The number of rotatable bonds is 4. The summed E-state index contributed by atoms with van der Waals surface area (Å²) in [5.74, 6) is -0.147. The molecule has 2 heterocycles. The maximum absolute atomic E-state index is 11.3. The minimum Gasteiger partial charge on any atom is -0.480 e. The third-order valence-corrected chi connectivity index (χ3v) is 4.90. The van der Waals surface area contributed by atoms with Gasteiger partial charge in [-0.15, -0.1) is 11.3 Å². The lowest BCUT2D eigenvalue weighted by Crippen LogP contribution is -2.46. The van der Waals surface area contributed by atoms with Gasteiger partial charge in [-0.3, -0.25) is 9.69 Å². The number of thiophene rings is 1. The standard InChI is InChI=1S/C14H21NO2S/c1-3-11-4-5-12(18-11)9-15-7-6-10(2)8-13(15)14(16)17/h4-5,10,13H,3,6-9H2,1-2H3,(H,16,17). The van der Waals surface area contributed by atoms with Gasteiger partial charge in [-0.2, -0.15) is 0 Å². The van der Waals surface area contributed by atoms with Gasteiger partial charge < -0.3 is 5.11 Å². The first kappa shape index (κ1) is 13.6. The lowest BCUT2D eigenvalue weighted by Gasteiger charge is -2.35. The maximum atomic E-state index is 11.3. The molecular weight excluding hydrogens is 246 g/mol. The summed E-state index contributed by atoms with van der Waals surface area (Å²) in [6.45, 7) is 5.98. The Kier molecular flexibility index (Phi) is 4.40. The van der Waals surface area contributed by atoms with Crippen molar-refractivity contribution in [2.24, 2.45) is 5.92 Å². The summed E-state index contributed by atoms with van der Waals surface area (Å²) in [7, 11) is 0. The second-order valence-electron chi connectivity index (χ2n) is 5.18. The van der Waals surface area contributed by atoms with E-state index >= 15 is 0 Å². The molecule has 100 valence electrons. The van der Waals surface area contributed by atoms with Crippen molar-refractivity contribution in [1.29, 1.82) is 0 Å². The molecule has 0 spiro atoms. The third-order valence-electron chi connectivity index (χ3n) is 3.69. The SMILES string of the molecule is CCc1ccc(CN2CCC(C)CC2C(=O)O)s1. The van der Waals surface area contributed by atoms with Crippen molar-refractivity contribution in [2.45, 2.75) is 45.7 Å². The molecule has 1 saturated heterocycles. The first-order valence-corrected chi connectivity index (χ1v) is 7.46. The van der Waals surface area contributed by atoms with Crippen LogP contribution in [0.3, 0.4) is 0 Å². The van der Waals surface area contributed by atoms with E-state index in [9.17, 15) is 9.90 Å². The van der Waals surface area contributed by atoms with Gasteiger partial charge in [0, 0.05) is 16.3 Å². The van der Waals surface area contributed by atoms with E-state index < -0.39 is 5.97 Å². The molecule has 4 heteroatoms. The van der Waals surface area contributed by atoms with Crippen molar-refractivity contribution in [2.75, 3.05) is 6.54 Å². The van der Waals surface area contributed by atoms with E-state index in [0.717, 1.165) is 32.4 Å². The summed E-state index contributed by atoms with van der Waals surface area (Å²) in [6.07, 6.45) is 2.95. The van der Waals surface area contributed by atoms with Crippen molar-refractivity contribution in [3.05, 3.63) is 21.9 Å². The molecule has 0 aromatic carbocycles. The fourth-order valence-corrected chi connectivity index (χ4v) is 3.52. The molecule has 1 fully saturated rings. The van der Waals surface area contributed by atoms with Crippen molar-refractivity contribution >= 4 is 17.3 Å². The Morgan fingerprint density at radius 3 is 2.83 bits per heavy atom. The van der Waals surface area contributed by atoms with Crippen LogP contribution in [0.25, 0.3) is 0 Å². The van der Waals surface area contributed by atoms with Crippen molar-refractivity contribution in [1.82, 2.24) is 4.90 Å². The van der Waals surface area contributed by atoms with E-state index in [0.29, 0.717) is 5.92 Å². The molecule has 2 rings (SSSR count). The van der Waals surface area contributed by atoms with Gasteiger partial charge in [0.1, 0.15) is 6.04 Å². The van der Waals surface area contributed by atoms with Crippen LogP contribution < -0.4 is 0 Å². The fourth-order valence-electron chi connectivity index (χ4n) is 2.53. The molecule has 18 heavy (non-hydrogen) atoms. The van der Waals surface area contributed by atoms with Gasteiger partial charge in [0.25, 0.3) is 0 Å². The number of hydrogen-bond donors (Lipinski definition) is 1. The zero-order valence-corrected chi connectivity index (χ0v) is 11.9. The van der Waals surface area contributed by atoms with Crippen LogP contribution in [0.15, 0.2) is 12.1 Å². The van der Waals surface area contributed by atoms with Crippen molar-refractivity contribution < 1.29 is 9.90 Å². The quantitative estimate of drug-likeness (QED) is 0.911. The Hall–Kier alpha value is -0.870. The molecule has 1 aromatic heterocycles. The highest BCUT2D eigenvalue weighted by atomic mass is 32.1. The number of carboxylic acid groups (broad SMARTS) is 1. The molecule has 0 bridgehead atoms. The Morgan fingerprint density at radius 2 is 2.22 bits per heavy atom. The van der Waals surface area contributed by atoms with E-state index in [1.54, 1.807) is 11.3 Å². The van der Waals surface area contributed by atoms with Crippen LogP contribution in [0.5, 0.6) is 0 Å². The van der Waals surface area contributed by atoms with Crippen molar-refractivity contribution in [3.8, 4) is 0 Å². The maximum Gasteiger partial charge on any atom is 0.320 e. The molecule has 2 atom stereocenters. The van der Waals surface area contributed by atoms with Crippen LogP contribution in [0.1, 0.15) is 36.4 Å². The molecule has 0 aliphatic carbocycles. The van der Waals surface area contributed by atoms with Gasteiger partial charge in [-0.05, 0) is 43.9 Å². The Labute approximate surface area is 112 Å². The minimum absolute atomic E-state index is 0.305. The van der Waals surface area contributed by atoms with Crippen LogP contribution in [-0.4, -0.2) is 28.6 Å². The number of nitrogens with zero attached hydrogens (tertiary/aromatic N) is 1. The second kappa shape index (κ2) is 5.85. The Bertz CT molecular complexity index is 416. The Morgan fingerprint density at radius 1 is 1.50 bits per heavy atom. The van der Waals surface area contributed by atoms with E-state index in [1.165, 1.54) is 9.75 Å². The molecule has 0 radical (unpaired) electrons. The highest BCUT2D eigenvalue weighted by Crippen LogP contribution is 2.26. The monoisotopic (exact) mass is 267 g/mol. The van der Waals surface area contributed by atoms with Gasteiger partial charge in [0.15, 0.2) is 0 Å². The van der Waals surface area contributed by atoms with E-state index in [4.69, 9.17) is 0 Å². The topological polar surface area (TPSA) is 40.5 Å². The average Bonchev–Trinajstić information content (AvgIpc) is 2.79. The van der Waals surface area contributed by atoms with E-state index in [1.807, 2.05) is 0 Å². The minimum atomic E-state index is -0.672. The first-order chi connectivity index (χ1) is 8.60. The summed E-state index contributed by atoms with van der Waals surface area (Å²) in [5, 5.41) is 9.32. The molecule has 1 aliphatic rings. The summed E-state index contributed by atoms with van der Waals surface area (Å²) < 4.78 is 0. The second-order valence-corrected chi connectivity index (χ2v) is 6.43. The molecule has 0 saturated carbocycles. The fraction of sp³-hybridized carbons (Fsp3) is 0.643. The Balaban J connectivity index is 2.04. The summed E-state index contributed by atoms with van der Waals surface area (Å²) in [5.41, 5.74) is 0. The predicted molar refractivity (Wildman–Crippen MR) is 73.9 cm³/mol. The highest BCUT2D eigenvalue weighted by Gasteiger charge is 2.31. The van der Waals surface area contributed by atoms with Gasteiger partial charge >= 0.3 is 5.97 Å². The van der Waals surface area contributed by atoms with Gasteiger partial charge in [-0.1, -0.05) is 13.8 Å². The molecule has 0 amide bonds. The van der Waals surface area contributed by atoms with Gasteiger partial charge in [0.2, 0.25) is 0 Å². The highest BCUT2D eigenvalue weighted by molar-refractivity contribution is 7.11. The number of carbonyl (C=O) groups is 1. The molecule has 2 unspecified atom stereocenters. The summed E-state index contributed by atoms with van der Waals surface area (Å²) in [4.78, 5) is 16.1. The number of piperidine rings is 1. The lowest BCUT2D eigenvalue weighted by atomic mass is 9.92. The molecular formula is C14H21NO2S. The number of carboxylic acids is 1. The van der Waals surface area contributed by atoms with Crippen LogP contribution >= 0.6 is 11.3 Å². The summed E-state index contributed by atoms with van der Waals surface area (Å²) in [6, 6.07) is 3.99. The third kappa shape index (κ3) is 3.12. The zero-order chi connectivity index (χ0) is 13.1. The van der Waals surface area contributed by atoms with E-state index in [2.05, 4.69) is 30.9 Å². The summed E-state index contributed by atoms with van der Waals surface area (Å²) >= 11 is 1.81. The van der Waals surface area contributed by atoms with Crippen molar-refractivity contribution in [3.63, 3.8) is 0 Å². The van der Waals surface area contributed by atoms with Crippen LogP contribution in [0.4, 0.5) is 0 Å².